The normalized spacial score (nSPS) is 24.9. The highest BCUT2D eigenvalue weighted by atomic mass is 16.5. The van der Waals surface area contributed by atoms with Gasteiger partial charge in [0.2, 0.25) is 0 Å². The quantitative estimate of drug-likeness (QED) is 0.718. The molecule has 2 aliphatic rings. The summed E-state index contributed by atoms with van der Waals surface area (Å²) in [4.78, 5) is 26.6. The summed E-state index contributed by atoms with van der Waals surface area (Å²) >= 11 is 0. The molecule has 0 radical (unpaired) electrons. The zero-order valence-corrected chi connectivity index (χ0v) is 17.8. The average molecular weight is 424 g/mol. The molecule has 1 saturated carbocycles. The number of carbonyl (C=O) groups excluding carboxylic acids is 2. The second kappa shape index (κ2) is 8.98. The van der Waals surface area contributed by atoms with Gasteiger partial charge in [0, 0.05) is 25.8 Å². The lowest BCUT2D eigenvalue weighted by Crippen LogP contribution is -2.42. The van der Waals surface area contributed by atoms with Gasteiger partial charge in [-0.05, 0) is 61.1 Å². The Morgan fingerprint density at radius 2 is 1.71 bits per heavy atom. The van der Waals surface area contributed by atoms with Gasteiger partial charge in [0.1, 0.15) is 11.9 Å². The van der Waals surface area contributed by atoms with Gasteiger partial charge in [0.05, 0.1) is 24.3 Å². The Bertz CT molecular complexity index is 945. The molecule has 2 aromatic carbocycles. The number of para-hydroxylation sites is 1. The predicted molar refractivity (Wildman–Crippen MR) is 116 cm³/mol. The van der Waals surface area contributed by atoms with Crippen LogP contribution in [-0.2, 0) is 4.74 Å². The van der Waals surface area contributed by atoms with Crippen molar-refractivity contribution in [1.29, 1.82) is 0 Å². The summed E-state index contributed by atoms with van der Waals surface area (Å²) in [5.74, 6) is 0.770. The van der Waals surface area contributed by atoms with Crippen LogP contribution in [0.15, 0.2) is 48.5 Å². The van der Waals surface area contributed by atoms with Crippen LogP contribution < -0.4 is 10.1 Å². The number of aliphatic hydroxyl groups is 1. The van der Waals surface area contributed by atoms with E-state index in [2.05, 4.69) is 5.32 Å². The van der Waals surface area contributed by atoms with Crippen LogP contribution in [0.5, 0.6) is 5.75 Å². The van der Waals surface area contributed by atoms with E-state index in [-0.39, 0.29) is 23.8 Å². The van der Waals surface area contributed by atoms with Gasteiger partial charge in [0.15, 0.2) is 0 Å². The van der Waals surface area contributed by atoms with Crippen molar-refractivity contribution in [2.24, 2.45) is 11.8 Å². The number of aliphatic hydroxyl groups excluding tert-OH is 1. The Hall–Kier alpha value is -3.06. The minimum absolute atomic E-state index is 0.0182. The lowest BCUT2D eigenvalue weighted by atomic mass is 9.78. The molecule has 2 fully saturated rings. The Morgan fingerprint density at radius 3 is 2.39 bits per heavy atom. The number of ether oxygens (including phenoxy) is 2. The molecule has 1 aliphatic carbocycles. The van der Waals surface area contributed by atoms with Crippen molar-refractivity contribution in [3.8, 4) is 5.75 Å². The fourth-order valence-corrected chi connectivity index (χ4v) is 4.70. The minimum atomic E-state index is -0.596. The molecule has 7 nitrogen and oxygen atoms in total. The van der Waals surface area contributed by atoms with Gasteiger partial charge in [-0.25, -0.2) is 4.79 Å². The van der Waals surface area contributed by atoms with Gasteiger partial charge in [-0.15, -0.1) is 0 Å². The van der Waals surface area contributed by atoms with Crippen molar-refractivity contribution in [3.63, 3.8) is 0 Å². The molecule has 7 heteroatoms. The van der Waals surface area contributed by atoms with E-state index in [4.69, 9.17) is 9.47 Å². The van der Waals surface area contributed by atoms with Gasteiger partial charge < -0.3 is 24.8 Å². The van der Waals surface area contributed by atoms with Crippen molar-refractivity contribution in [2.75, 3.05) is 32.6 Å². The molecular formula is C24H28N2O5. The van der Waals surface area contributed by atoms with Crippen LogP contribution in [0, 0.1) is 11.8 Å². The van der Waals surface area contributed by atoms with Gasteiger partial charge in [-0.3, -0.25) is 4.79 Å². The first-order chi connectivity index (χ1) is 15.0. The third-order valence-electron chi connectivity index (χ3n) is 6.36. The van der Waals surface area contributed by atoms with E-state index < -0.39 is 12.1 Å². The molecular weight excluding hydrogens is 396 g/mol. The topological polar surface area (TPSA) is 88.1 Å². The summed E-state index contributed by atoms with van der Waals surface area (Å²) in [6.45, 7) is 1.31. The first-order valence-electron chi connectivity index (χ1n) is 10.6. The summed E-state index contributed by atoms with van der Waals surface area (Å²) in [6, 6.07) is 14.2. The molecule has 1 saturated heterocycles. The number of hydrogen-bond donors (Lipinski definition) is 2. The maximum Gasteiger partial charge on any atom is 0.337 e. The third-order valence-corrected chi connectivity index (χ3v) is 6.36. The Morgan fingerprint density at radius 1 is 1.03 bits per heavy atom. The monoisotopic (exact) mass is 424 g/mol. The average Bonchev–Trinajstić information content (AvgIpc) is 3.21. The highest BCUT2D eigenvalue weighted by molar-refractivity contribution is 5.99. The summed E-state index contributed by atoms with van der Waals surface area (Å²) in [5, 5.41) is 13.8. The molecule has 164 valence electrons. The van der Waals surface area contributed by atoms with Crippen molar-refractivity contribution >= 4 is 17.6 Å². The van der Waals surface area contributed by atoms with E-state index in [0.717, 1.165) is 5.69 Å². The number of likely N-dealkylation sites (tertiary alicyclic amines) is 1. The highest BCUT2D eigenvalue weighted by Gasteiger charge is 2.44. The molecule has 2 aromatic rings. The largest absolute Gasteiger partial charge is 0.488 e. The number of methoxy groups -OCH3 is 1. The molecule has 0 spiro atoms. The molecule has 1 amide bonds. The number of rotatable bonds is 5. The second-order valence-electron chi connectivity index (χ2n) is 8.24. The lowest BCUT2D eigenvalue weighted by Gasteiger charge is -2.35. The van der Waals surface area contributed by atoms with E-state index in [1.54, 1.807) is 24.3 Å². The van der Waals surface area contributed by atoms with Gasteiger partial charge >= 0.3 is 5.97 Å². The minimum Gasteiger partial charge on any atom is -0.488 e. The number of carbonyl (C=O) groups is 2. The van der Waals surface area contributed by atoms with Gasteiger partial charge in [-0.2, -0.15) is 0 Å². The lowest BCUT2D eigenvalue weighted by molar-refractivity contribution is -0.0231. The predicted octanol–water partition coefficient (Wildman–Crippen LogP) is 2.81. The van der Waals surface area contributed by atoms with Crippen LogP contribution in [0.25, 0.3) is 0 Å². The number of benzene rings is 2. The zero-order valence-electron chi connectivity index (χ0n) is 17.8. The van der Waals surface area contributed by atoms with Crippen molar-refractivity contribution in [1.82, 2.24) is 4.90 Å². The Kier molecular flexibility index (Phi) is 6.13. The number of esters is 1. The molecule has 4 atom stereocenters. The van der Waals surface area contributed by atoms with E-state index in [9.17, 15) is 14.7 Å². The maximum absolute atomic E-state index is 13.1. The number of anilines is 1. The van der Waals surface area contributed by atoms with E-state index in [1.165, 1.54) is 7.11 Å². The van der Waals surface area contributed by atoms with Crippen molar-refractivity contribution < 1.29 is 24.2 Å². The van der Waals surface area contributed by atoms with E-state index in [1.807, 2.05) is 36.2 Å². The highest BCUT2D eigenvalue weighted by Crippen LogP contribution is 2.38. The summed E-state index contributed by atoms with van der Waals surface area (Å²) in [5.41, 5.74) is 1.94. The number of nitrogens with zero attached hydrogens (tertiary/aromatic N) is 1. The van der Waals surface area contributed by atoms with Gasteiger partial charge in [-0.1, -0.05) is 12.1 Å². The third kappa shape index (κ3) is 4.37. The summed E-state index contributed by atoms with van der Waals surface area (Å²) in [6.07, 6.45) is 0.348. The van der Waals surface area contributed by atoms with Crippen LogP contribution in [-0.4, -0.2) is 61.3 Å². The summed E-state index contributed by atoms with van der Waals surface area (Å²) in [7, 11) is 3.15. The van der Waals surface area contributed by atoms with Crippen LogP contribution in [0.2, 0.25) is 0 Å². The van der Waals surface area contributed by atoms with Crippen molar-refractivity contribution in [3.05, 3.63) is 59.7 Å². The molecule has 4 rings (SSSR count). The number of hydrogen-bond acceptors (Lipinski definition) is 6. The van der Waals surface area contributed by atoms with E-state index in [0.29, 0.717) is 42.8 Å². The molecule has 0 unspecified atom stereocenters. The van der Waals surface area contributed by atoms with Crippen LogP contribution >= 0.6 is 0 Å². The number of amides is 1. The van der Waals surface area contributed by atoms with Crippen LogP contribution in [0.1, 0.15) is 33.6 Å². The van der Waals surface area contributed by atoms with E-state index >= 15 is 0 Å². The summed E-state index contributed by atoms with van der Waals surface area (Å²) < 4.78 is 10.8. The second-order valence-corrected chi connectivity index (χ2v) is 8.24. The molecule has 0 aromatic heterocycles. The number of nitrogens with one attached hydrogen (secondary N) is 1. The molecule has 0 bridgehead atoms. The fraction of sp³-hybridized carbons (Fsp3) is 0.417. The molecule has 2 N–H and O–H groups in total. The van der Waals surface area contributed by atoms with Gasteiger partial charge in [0.25, 0.3) is 5.91 Å². The first-order valence-corrected chi connectivity index (χ1v) is 10.6. The standard InChI is InChI=1S/C24H28N2O5/c1-25-20-6-4-3-5-19(20)23(28)26-13-16-11-21(27)22(12-17(16)14-26)31-18-9-7-15(8-10-18)24(29)30-2/h3-10,16-17,21-22,25,27H,11-14H2,1-2H3/t16-,17+,21-,22-/m0/s1. The van der Waals surface area contributed by atoms with Crippen LogP contribution in [0.4, 0.5) is 5.69 Å². The molecule has 1 aliphatic heterocycles. The fourth-order valence-electron chi connectivity index (χ4n) is 4.70. The van der Waals surface area contributed by atoms with Crippen molar-refractivity contribution in [2.45, 2.75) is 25.0 Å². The molecule has 1 heterocycles. The SMILES string of the molecule is CNc1ccccc1C(=O)N1C[C@H]2C[C@H](Oc3ccc(C(=O)OC)cc3)[C@@H](O)C[C@H]2C1. The molecule has 31 heavy (non-hydrogen) atoms. The smallest absolute Gasteiger partial charge is 0.337 e. The number of fused-ring (bicyclic) bond motifs is 1. The Labute approximate surface area is 182 Å². The Balaban J connectivity index is 1.41. The first kappa shape index (κ1) is 21.2. The maximum atomic E-state index is 13.1. The van der Waals surface area contributed by atoms with Crippen LogP contribution in [0.3, 0.4) is 0 Å². The zero-order chi connectivity index (χ0) is 22.0.